The number of aryl methyl sites for hydroxylation is 1. The summed E-state index contributed by atoms with van der Waals surface area (Å²) in [6, 6.07) is 8.99. The van der Waals surface area contributed by atoms with E-state index in [2.05, 4.69) is 37.6 Å². The van der Waals surface area contributed by atoms with Crippen molar-refractivity contribution in [2.24, 2.45) is 7.05 Å². The lowest BCUT2D eigenvalue weighted by molar-refractivity contribution is -0.134. The Kier molecular flexibility index (Phi) is 7.35. The number of aromatic nitrogens is 4. The van der Waals surface area contributed by atoms with Crippen LogP contribution < -0.4 is 25.8 Å². The summed E-state index contributed by atoms with van der Waals surface area (Å²) in [5.41, 5.74) is 4.72. The number of hydrogen-bond donors (Lipinski definition) is 3. The highest BCUT2D eigenvalue weighted by Crippen LogP contribution is 2.36. The third-order valence-electron chi connectivity index (χ3n) is 8.84. The van der Waals surface area contributed by atoms with Gasteiger partial charge in [-0.2, -0.15) is 10.1 Å². The van der Waals surface area contributed by atoms with Gasteiger partial charge in [-0.1, -0.05) is 18.2 Å². The molecular formula is C32H31ClFN9O3. The molecule has 2 fully saturated rings. The van der Waals surface area contributed by atoms with Crippen LogP contribution in [-0.2, 0) is 27.9 Å². The number of amides is 3. The van der Waals surface area contributed by atoms with E-state index in [4.69, 9.17) is 11.6 Å². The maximum absolute atomic E-state index is 14.8. The van der Waals surface area contributed by atoms with E-state index in [1.165, 1.54) is 17.2 Å². The molecule has 0 saturated carbocycles. The molecule has 14 heteroatoms. The number of rotatable bonds is 6. The molecule has 7 rings (SSSR count). The Balaban J connectivity index is 1.03. The van der Waals surface area contributed by atoms with Crippen LogP contribution in [0.2, 0.25) is 5.02 Å². The summed E-state index contributed by atoms with van der Waals surface area (Å²) in [6.45, 7) is 5.48. The third kappa shape index (κ3) is 5.30. The van der Waals surface area contributed by atoms with E-state index >= 15 is 0 Å². The van der Waals surface area contributed by atoms with Crippen molar-refractivity contribution in [2.75, 3.05) is 40.6 Å². The zero-order chi connectivity index (χ0) is 32.3. The van der Waals surface area contributed by atoms with Crippen molar-refractivity contribution in [3.8, 4) is 0 Å². The molecule has 5 heterocycles. The number of piperidine rings is 2. The molecule has 3 aliphatic rings. The number of nitrogens with one attached hydrogen (secondary N) is 3. The van der Waals surface area contributed by atoms with E-state index in [9.17, 15) is 18.8 Å². The monoisotopic (exact) mass is 643 g/mol. The fourth-order valence-electron chi connectivity index (χ4n) is 6.44. The van der Waals surface area contributed by atoms with Gasteiger partial charge in [0.15, 0.2) is 5.82 Å². The molecule has 3 amide bonds. The maximum Gasteiger partial charge on any atom is 0.235 e. The second-order valence-corrected chi connectivity index (χ2v) is 12.3. The lowest BCUT2D eigenvalue weighted by Gasteiger charge is -2.35. The van der Waals surface area contributed by atoms with E-state index < -0.39 is 11.7 Å². The van der Waals surface area contributed by atoms with Crippen LogP contribution in [0.3, 0.4) is 0 Å². The van der Waals surface area contributed by atoms with Crippen LogP contribution in [0.25, 0.3) is 10.9 Å². The minimum Gasteiger partial charge on any atom is -0.378 e. The molecule has 2 saturated heterocycles. The van der Waals surface area contributed by atoms with Gasteiger partial charge in [-0.25, -0.2) is 9.37 Å². The number of imide groups is 1. The molecule has 4 aromatic rings. The summed E-state index contributed by atoms with van der Waals surface area (Å²) < 4.78 is 16.6. The van der Waals surface area contributed by atoms with Gasteiger partial charge in [-0.15, -0.1) is 0 Å². The molecule has 3 N–H and O–H groups in total. The number of anilines is 5. The lowest BCUT2D eigenvalue weighted by Crippen LogP contribution is -2.41. The van der Waals surface area contributed by atoms with Crippen molar-refractivity contribution in [2.45, 2.75) is 37.6 Å². The second kappa shape index (κ2) is 11.4. The molecule has 46 heavy (non-hydrogen) atoms. The molecule has 0 aliphatic carbocycles. The average molecular weight is 644 g/mol. The molecule has 0 bridgehead atoms. The Morgan fingerprint density at radius 1 is 1.11 bits per heavy atom. The summed E-state index contributed by atoms with van der Waals surface area (Å²) in [4.78, 5) is 48.6. The largest absolute Gasteiger partial charge is 0.378 e. The SMILES string of the molecule is C=C1CN(c2ncc(Cl)c(Nc3cc(F)c4c(c3)CC(=O)N4C)n2)CC[C@H]1Nc1ccc2c(C3CCC(=O)NC3=O)nn(C)c2c1. The number of nitrogens with zero attached hydrogens (tertiary/aromatic N) is 6. The highest BCUT2D eigenvalue weighted by atomic mass is 35.5. The smallest absolute Gasteiger partial charge is 0.235 e. The third-order valence-corrected chi connectivity index (χ3v) is 9.11. The number of likely N-dealkylation sites (N-methyl/N-ethyl adjacent to an activating group) is 1. The van der Waals surface area contributed by atoms with Gasteiger partial charge in [-0.05, 0) is 54.3 Å². The van der Waals surface area contributed by atoms with Crippen molar-refractivity contribution in [1.29, 1.82) is 0 Å². The van der Waals surface area contributed by atoms with Gasteiger partial charge in [0.05, 0.1) is 41.5 Å². The number of carbonyl (C=O) groups excluding carboxylic acids is 3. The highest BCUT2D eigenvalue weighted by Gasteiger charge is 2.32. The molecule has 3 aliphatic heterocycles. The number of fused-ring (bicyclic) bond motifs is 2. The molecule has 0 spiro atoms. The van der Waals surface area contributed by atoms with Gasteiger partial charge in [-0.3, -0.25) is 24.4 Å². The summed E-state index contributed by atoms with van der Waals surface area (Å²) in [5, 5.41) is 14.9. The molecular weight excluding hydrogens is 613 g/mol. The van der Waals surface area contributed by atoms with Gasteiger partial charge >= 0.3 is 0 Å². The minimum absolute atomic E-state index is 0.00309. The summed E-state index contributed by atoms with van der Waals surface area (Å²) in [5.74, 6) is -0.895. The maximum atomic E-state index is 14.8. The molecule has 1 unspecified atom stereocenters. The number of hydrogen-bond acceptors (Lipinski definition) is 9. The Morgan fingerprint density at radius 3 is 2.72 bits per heavy atom. The fourth-order valence-corrected chi connectivity index (χ4v) is 6.57. The van der Waals surface area contributed by atoms with E-state index in [1.807, 2.05) is 30.1 Å². The van der Waals surface area contributed by atoms with E-state index in [1.54, 1.807) is 17.8 Å². The van der Waals surface area contributed by atoms with Gasteiger partial charge < -0.3 is 20.4 Å². The first kappa shape index (κ1) is 29.7. The first-order valence-corrected chi connectivity index (χ1v) is 15.3. The normalized spacial score (nSPS) is 19.9. The van der Waals surface area contributed by atoms with E-state index in [0.717, 1.165) is 28.6 Å². The predicted molar refractivity (Wildman–Crippen MR) is 173 cm³/mol. The molecule has 236 valence electrons. The van der Waals surface area contributed by atoms with Crippen LogP contribution in [0.1, 0.15) is 36.4 Å². The first-order valence-electron chi connectivity index (χ1n) is 14.9. The summed E-state index contributed by atoms with van der Waals surface area (Å²) in [7, 11) is 3.40. The first-order chi connectivity index (χ1) is 22.0. The zero-order valence-electron chi connectivity index (χ0n) is 25.2. The van der Waals surface area contributed by atoms with E-state index in [-0.39, 0.29) is 40.9 Å². The van der Waals surface area contributed by atoms with Crippen LogP contribution in [0.15, 0.2) is 48.7 Å². The standard InChI is InChI=1S/C32H31ClFN9O3/c1-16-15-43(32-35-14-22(33)30(39-32)37-19-10-17-11-27(45)41(2)29(17)23(34)12-19)9-8-24(16)36-18-4-5-20-25(13-18)42(3)40-28(20)21-6-7-26(44)38-31(21)46/h4-5,10,12-14,21,24,36H,1,6-9,11,15H2,2-3H3,(H,35,37,39)(H,38,44,46)/t21?,24-/m1/s1. The fraction of sp³-hybridized carbons (Fsp3) is 0.312. The molecule has 2 atom stereocenters. The summed E-state index contributed by atoms with van der Waals surface area (Å²) in [6.07, 6.45) is 3.11. The van der Waals surface area contributed by atoms with Gasteiger partial charge in [0.2, 0.25) is 23.7 Å². The Bertz CT molecular complexity index is 1960. The Labute approximate surface area is 268 Å². The average Bonchev–Trinajstić information content (AvgIpc) is 3.49. The second-order valence-electron chi connectivity index (χ2n) is 11.9. The predicted octanol–water partition coefficient (Wildman–Crippen LogP) is 4.19. The molecule has 2 aromatic heterocycles. The zero-order valence-corrected chi connectivity index (χ0v) is 26.0. The molecule has 0 radical (unpaired) electrons. The van der Waals surface area contributed by atoms with Crippen molar-refractivity contribution in [1.82, 2.24) is 25.1 Å². The van der Waals surface area contributed by atoms with Crippen molar-refractivity contribution < 1.29 is 18.8 Å². The van der Waals surface area contributed by atoms with Crippen LogP contribution in [0.4, 0.5) is 33.2 Å². The van der Waals surface area contributed by atoms with Gasteiger partial charge in [0, 0.05) is 50.4 Å². The lowest BCUT2D eigenvalue weighted by atomic mass is 9.92. The van der Waals surface area contributed by atoms with Crippen molar-refractivity contribution in [3.05, 3.63) is 70.8 Å². The highest BCUT2D eigenvalue weighted by molar-refractivity contribution is 6.33. The van der Waals surface area contributed by atoms with Crippen LogP contribution in [0.5, 0.6) is 0 Å². The topological polar surface area (TPSA) is 137 Å². The number of halogens is 2. The van der Waals surface area contributed by atoms with Crippen LogP contribution in [0, 0.1) is 5.82 Å². The van der Waals surface area contributed by atoms with Crippen molar-refractivity contribution in [3.63, 3.8) is 0 Å². The summed E-state index contributed by atoms with van der Waals surface area (Å²) >= 11 is 6.41. The molecule has 12 nitrogen and oxygen atoms in total. The van der Waals surface area contributed by atoms with Crippen molar-refractivity contribution >= 4 is 69.1 Å². The Hall–Kier alpha value is -5.04. The van der Waals surface area contributed by atoms with Crippen LogP contribution >= 0.6 is 11.6 Å². The number of benzene rings is 2. The molecule has 2 aromatic carbocycles. The Morgan fingerprint density at radius 2 is 1.93 bits per heavy atom. The minimum atomic E-state index is -0.498. The van der Waals surface area contributed by atoms with Gasteiger partial charge in [0.1, 0.15) is 10.8 Å². The van der Waals surface area contributed by atoms with Gasteiger partial charge in [0.25, 0.3) is 0 Å². The van der Waals surface area contributed by atoms with E-state index in [0.29, 0.717) is 54.6 Å². The number of carbonyl (C=O) groups is 3. The van der Waals surface area contributed by atoms with Crippen LogP contribution in [-0.4, -0.2) is 63.6 Å². The quantitative estimate of drug-likeness (QED) is 0.209.